The molecule has 1 aliphatic heterocycles. The summed E-state index contributed by atoms with van der Waals surface area (Å²) in [6.07, 6.45) is -0.595. The molecule has 0 spiro atoms. The molecule has 0 aliphatic carbocycles. The molecule has 0 radical (unpaired) electrons. The van der Waals surface area contributed by atoms with E-state index in [1.807, 2.05) is 54.6 Å². The summed E-state index contributed by atoms with van der Waals surface area (Å²) in [5.74, 6) is 0.0321. The highest BCUT2D eigenvalue weighted by molar-refractivity contribution is 5.96. The molecule has 0 saturated carbocycles. The number of methoxy groups -OCH3 is 1. The monoisotopic (exact) mass is 434 g/mol. The van der Waals surface area contributed by atoms with Crippen molar-refractivity contribution in [2.75, 3.05) is 12.4 Å². The van der Waals surface area contributed by atoms with Crippen LogP contribution in [0.15, 0.2) is 83.7 Å². The van der Waals surface area contributed by atoms with Gasteiger partial charge < -0.3 is 10.1 Å². The van der Waals surface area contributed by atoms with Crippen molar-refractivity contribution in [3.8, 4) is 11.5 Å². The summed E-state index contributed by atoms with van der Waals surface area (Å²) in [7, 11) is 1.34. The lowest BCUT2D eigenvalue weighted by atomic mass is 10.1. The molecule has 0 saturated heterocycles. The highest BCUT2D eigenvalue weighted by Crippen LogP contribution is 2.39. The average Bonchev–Trinajstić information content (AvgIpc) is 3.15. The minimum absolute atomic E-state index is 0.175. The van der Waals surface area contributed by atoms with E-state index < -0.39 is 12.1 Å². The Bertz CT molecular complexity index is 1640. The molecule has 1 N–H and O–H groups in total. The quantitative estimate of drug-likeness (QED) is 0.425. The lowest BCUT2D eigenvalue weighted by Gasteiger charge is -2.20. The van der Waals surface area contributed by atoms with Gasteiger partial charge in [-0.25, -0.2) is 14.8 Å². The van der Waals surface area contributed by atoms with Gasteiger partial charge >= 0.3 is 5.97 Å². The van der Waals surface area contributed by atoms with E-state index in [9.17, 15) is 9.59 Å². The number of carbonyl (C=O) groups excluding carboxylic acids is 1. The number of hydrogen-bond acceptors (Lipinski definition) is 6. The third-order valence-corrected chi connectivity index (χ3v) is 5.95. The van der Waals surface area contributed by atoms with Crippen molar-refractivity contribution in [3.05, 3.63) is 100 Å². The molecule has 1 unspecified atom stereocenters. The molecule has 1 atom stereocenters. The van der Waals surface area contributed by atoms with Crippen LogP contribution in [0.5, 0.6) is 0 Å². The number of nitrogens with one attached hydrogen (secondary N) is 1. The molecular weight excluding hydrogens is 416 g/mol. The first-order chi connectivity index (χ1) is 16.2. The Morgan fingerprint density at radius 3 is 2.52 bits per heavy atom. The van der Waals surface area contributed by atoms with E-state index in [-0.39, 0.29) is 5.56 Å². The Morgan fingerprint density at radius 1 is 0.939 bits per heavy atom. The lowest BCUT2D eigenvalue weighted by Crippen LogP contribution is -2.29. The summed E-state index contributed by atoms with van der Waals surface area (Å²) in [6.45, 7) is 0. The fourth-order valence-electron chi connectivity index (χ4n) is 4.40. The van der Waals surface area contributed by atoms with Crippen LogP contribution < -0.4 is 10.9 Å². The van der Waals surface area contributed by atoms with Crippen molar-refractivity contribution in [2.24, 2.45) is 0 Å². The third-order valence-electron chi connectivity index (χ3n) is 5.95. The van der Waals surface area contributed by atoms with Crippen molar-refractivity contribution in [3.63, 3.8) is 0 Å². The van der Waals surface area contributed by atoms with Crippen LogP contribution in [0.1, 0.15) is 22.1 Å². The zero-order chi connectivity index (χ0) is 22.5. The van der Waals surface area contributed by atoms with Crippen LogP contribution in [0.2, 0.25) is 0 Å². The van der Waals surface area contributed by atoms with E-state index >= 15 is 0 Å². The Kier molecular flexibility index (Phi) is 4.23. The average molecular weight is 434 g/mol. The van der Waals surface area contributed by atoms with Crippen LogP contribution in [-0.4, -0.2) is 27.6 Å². The molecule has 5 aromatic rings. The summed E-state index contributed by atoms with van der Waals surface area (Å²) >= 11 is 0. The molecule has 3 heterocycles. The predicted molar refractivity (Wildman–Crippen MR) is 126 cm³/mol. The van der Waals surface area contributed by atoms with Gasteiger partial charge in [-0.05, 0) is 36.4 Å². The van der Waals surface area contributed by atoms with Crippen molar-refractivity contribution in [1.82, 2.24) is 14.5 Å². The summed E-state index contributed by atoms with van der Waals surface area (Å²) in [4.78, 5) is 35.6. The topological polar surface area (TPSA) is 86.1 Å². The predicted octanol–water partition coefficient (Wildman–Crippen LogP) is 4.37. The molecule has 33 heavy (non-hydrogen) atoms. The van der Waals surface area contributed by atoms with E-state index in [1.54, 1.807) is 28.8 Å². The highest BCUT2D eigenvalue weighted by Gasteiger charge is 2.34. The number of hydrogen-bond donors (Lipinski definition) is 1. The second kappa shape index (κ2) is 7.27. The fourth-order valence-corrected chi connectivity index (χ4v) is 4.40. The summed E-state index contributed by atoms with van der Waals surface area (Å²) in [5, 5.41) is 4.86. The molecule has 2 aromatic heterocycles. The van der Waals surface area contributed by atoms with E-state index in [4.69, 9.17) is 14.7 Å². The number of pyridine rings is 1. The number of nitrogens with zero attached hydrogens (tertiary/aromatic N) is 3. The number of para-hydroxylation sites is 3. The molecule has 0 fully saturated rings. The second-order valence-corrected chi connectivity index (χ2v) is 7.83. The van der Waals surface area contributed by atoms with Crippen LogP contribution in [0.25, 0.3) is 33.3 Å². The second-order valence-electron chi connectivity index (χ2n) is 7.83. The number of aromatic nitrogens is 3. The maximum absolute atomic E-state index is 13.6. The number of esters is 1. The lowest BCUT2D eigenvalue weighted by molar-refractivity contribution is 0.0601. The molecule has 1 aliphatic rings. The first-order valence-corrected chi connectivity index (χ1v) is 10.5. The van der Waals surface area contributed by atoms with Crippen molar-refractivity contribution >= 4 is 33.5 Å². The third kappa shape index (κ3) is 2.90. The van der Waals surface area contributed by atoms with Crippen molar-refractivity contribution in [1.29, 1.82) is 0 Å². The first kappa shape index (κ1) is 19.2. The van der Waals surface area contributed by atoms with Gasteiger partial charge in [-0.3, -0.25) is 9.36 Å². The van der Waals surface area contributed by atoms with Gasteiger partial charge in [0.1, 0.15) is 11.9 Å². The number of ether oxygens (including phenoxy) is 1. The zero-order valence-corrected chi connectivity index (χ0v) is 17.6. The Hall–Kier alpha value is -4.52. The molecule has 7 nitrogen and oxygen atoms in total. The number of carbonyl (C=O) groups is 1. The van der Waals surface area contributed by atoms with Crippen LogP contribution in [0.3, 0.4) is 0 Å². The Labute approximate surface area is 188 Å². The van der Waals surface area contributed by atoms with Crippen LogP contribution in [0, 0.1) is 0 Å². The standard InChI is InChI=1S/C26H18N4O3/c1-33-26(32)17-10-4-7-13-21(17)28-23-18-14-15-8-2-5-11-19(15)27-22(18)24-29-20-12-6-3-9-16(20)25(31)30(23)24/h2-14,23,28H,1H3. The van der Waals surface area contributed by atoms with Gasteiger partial charge in [-0.2, -0.15) is 0 Å². The minimum atomic E-state index is -0.595. The maximum atomic E-state index is 13.6. The number of benzene rings is 3. The van der Waals surface area contributed by atoms with Crippen molar-refractivity contribution < 1.29 is 9.53 Å². The Balaban J connectivity index is 1.63. The summed E-state index contributed by atoms with van der Waals surface area (Å²) in [5.41, 5.74) is 3.65. The van der Waals surface area contributed by atoms with Crippen LogP contribution in [0.4, 0.5) is 5.69 Å². The fraction of sp³-hybridized carbons (Fsp3) is 0.0769. The van der Waals surface area contributed by atoms with Gasteiger partial charge in [0.25, 0.3) is 5.56 Å². The van der Waals surface area contributed by atoms with Gasteiger partial charge in [-0.1, -0.05) is 42.5 Å². The highest BCUT2D eigenvalue weighted by atomic mass is 16.5. The zero-order valence-electron chi connectivity index (χ0n) is 17.6. The smallest absolute Gasteiger partial charge is 0.339 e. The van der Waals surface area contributed by atoms with Crippen LogP contribution in [-0.2, 0) is 4.74 Å². The molecule has 0 bridgehead atoms. The van der Waals surface area contributed by atoms with E-state index in [0.29, 0.717) is 33.7 Å². The normalized spacial score (nSPS) is 14.2. The molecule has 3 aromatic carbocycles. The van der Waals surface area contributed by atoms with Crippen LogP contribution >= 0.6 is 0 Å². The molecule has 6 rings (SSSR count). The maximum Gasteiger partial charge on any atom is 0.339 e. The van der Waals surface area contributed by atoms with Gasteiger partial charge in [0.05, 0.1) is 34.8 Å². The molecule has 7 heteroatoms. The van der Waals surface area contributed by atoms with E-state index in [0.717, 1.165) is 16.5 Å². The van der Waals surface area contributed by atoms with Gasteiger partial charge in [0, 0.05) is 10.9 Å². The number of fused-ring (bicyclic) bond motifs is 5. The summed E-state index contributed by atoms with van der Waals surface area (Å²) < 4.78 is 6.57. The SMILES string of the molecule is COC(=O)c1ccccc1NC1c2cc3ccccc3nc2-c2nc3ccccc3c(=O)n21. The summed E-state index contributed by atoms with van der Waals surface area (Å²) in [6, 6.07) is 24.2. The molecule has 160 valence electrons. The van der Waals surface area contributed by atoms with Gasteiger partial charge in [-0.15, -0.1) is 0 Å². The van der Waals surface area contributed by atoms with E-state index in [1.165, 1.54) is 7.11 Å². The number of anilines is 1. The van der Waals surface area contributed by atoms with Crippen molar-refractivity contribution in [2.45, 2.75) is 6.17 Å². The number of rotatable bonds is 3. The van der Waals surface area contributed by atoms with E-state index in [2.05, 4.69) is 5.32 Å². The first-order valence-electron chi connectivity index (χ1n) is 10.5. The molecule has 0 amide bonds. The largest absolute Gasteiger partial charge is 0.465 e. The van der Waals surface area contributed by atoms with Gasteiger partial charge in [0.2, 0.25) is 0 Å². The molecular formula is C26H18N4O3. The Morgan fingerprint density at radius 2 is 1.67 bits per heavy atom. The minimum Gasteiger partial charge on any atom is -0.465 e. The van der Waals surface area contributed by atoms with Gasteiger partial charge in [0.15, 0.2) is 5.82 Å².